The molecule has 1 fully saturated rings. The molecule has 2 aliphatic heterocycles. The second-order valence-electron chi connectivity index (χ2n) is 9.91. The van der Waals surface area contributed by atoms with Crippen LogP contribution >= 0.6 is 0 Å². The largest absolute Gasteiger partial charge is 0.396 e. The molecule has 1 aromatic carbocycles. The Morgan fingerprint density at radius 3 is 2.42 bits per heavy atom. The van der Waals surface area contributed by atoms with Crippen LogP contribution in [0.5, 0.6) is 0 Å². The number of hydrogen-bond donors (Lipinski definition) is 2. The first kappa shape index (κ1) is 22.6. The number of nitrogens with zero attached hydrogens (tertiary/aromatic N) is 4. The van der Waals surface area contributed by atoms with Crippen LogP contribution in [-0.4, -0.2) is 55.0 Å². The molecule has 2 N–H and O–H groups in total. The minimum Gasteiger partial charge on any atom is -0.396 e. The Morgan fingerprint density at radius 1 is 1.08 bits per heavy atom. The van der Waals surface area contributed by atoms with Crippen LogP contribution in [0.2, 0.25) is 0 Å². The van der Waals surface area contributed by atoms with Crippen LogP contribution in [0.3, 0.4) is 0 Å². The van der Waals surface area contributed by atoms with Crippen molar-refractivity contribution in [3.05, 3.63) is 82.3 Å². The minimum atomic E-state index is -0.660. The van der Waals surface area contributed by atoms with Gasteiger partial charge in [0.1, 0.15) is 6.33 Å². The molecule has 1 aliphatic carbocycles. The number of aromatic nitrogens is 3. The SMILES string of the molecule is CC(=O)N1[C@@H]2Cn3c(ccc(-c4cncnc4)c3=O)[C@H]1[C@@H](C(=O)NC1Cc3ccccc3C1)[C@@H]2CO. The van der Waals surface area contributed by atoms with Crippen LogP contribution < -0.4 is 10.9 Å². The number of aliphatic hydroxyl groups is 1. The molecule has 4 heterocycles. The lowest BCUT2D eigenvalue weighted by Crippen LogP contribution is -2.48. The van der Waals surface area contributed by atoms with Crippen molar-refractivity contribution < 1.29 is 14.7 Å². The van der Waals surface area contributed by atoms with E-state index >= 15 is 0 Å². The zero-order valence-corrected chi connectivity index (χ0v) is 19.9. The maximum absolute atomic E-state index is 13.8. The summed E-state index contributed by atoms with van der Waals surface area (Å²) in [7, 11) is 0. The van der Waals surface area contributed by atoms with Crippen LogP contribution in [0.1, 0.15) is 29.8 Å². The van der Waals surface area contributed by atoms with E-state index in [1.54, 1.807) is 27.9 Å². The highest BCUT2D eigenvalue weighted by Gasteiger charge is 2.57. The molecule has 9 nitrogen and oxygen atoms in total. The summed E-state index contributed by atoms with van der Waals surface area (Å²) >= 11 is 0. The van der Waals surface area contributed by atoms with Gasteiger partial charge in [-0.05, 0) is 36.1 Å². The lowest BCUT2D eigenvalue weighted by Gasteiger charge is -2.37. The van der Waals surface area contributed by atoms with E-state index in [1.807, 2.05) is 18.2 Å². The molecule has 2 amide bonds. The highest BCUT2D eigenvalue weighted by molar-refractivity contribution is 5.84. The number of rotatable bonds is 4. The number of fused-ring (bicyclic) bond motifs is 5. The number of pyridine rings is 1. The minimum absolute atomic E-state index is 0.0388. The Kier molecular flexibility index (Phi) is 5.44. The van der Waals surface area contributed by atoms with Crippen LogP contribution in [0, 0.1) is 11.8 Å². The number of aliphatic hydroxyl groups excluding tert-OH is 1. The molecule has 3 aliphatic rings. The molecule has 4 atom stereocenters. The summed E-state index contributed by atoms with van der Waals surface area (Å²) in [5, 5.41) is 13.6. The highest BCUT2D eigenvalue weighted by Crippen LogP contribution is 2.48. The van der Waals surface area contributed by atoms with Crippen molar-refractivity contribution >= 4 is 11.8 Å². The maximum Gasteiger partial charge on any atom is 0.258 e. The molecule has 0 radical (unpaired) electrons. The van der Waals surface area contributed by atoms with Gasteiger partial charge in [0.25, 0.3) is 5.56 Å². The lowest BCUT2D eigenvalue weighted by atomic mass is 9.86. The zero-order valence-electron chi connectivity index (χ0n) is 19.9. The van der Waals surface area contributed by atoms with Crippen LogP contribution in [0.4, 0.5) is 0 Å². The molecule has 0 saturated carbocycles. The Balaban J connectivity index is 1.37. The summed E-state index contributed by atoms with van der Waals surface area (Å²) in [6, 6.07) is 10.6. The first-order valence-electron chi connectivity index (χ1n) is 12.2. The molecule has 0 spiro atoms. The van der Waals surface area contributed by atoms with Gasteiger partial charge in [-0.3, -0.25) is 14.4 Å². The number of amides is 2. The van der Waals surface area contributed by atoms with Gasteiger partial charge in [0, 0.05) is 55.7 Å². The first-order chi connectivity index (χ1) is 17.5. The van der Waals surface area contributed by atoms with Crippen LogP contribution in [-0.2, 0) is 29.0 Å². The van der Waals surface area contributed by atoms with E-state index < -0.39 is 23.9 Å². The monoisotopic (exact) mass is 485 g/mol. The normalized spacial score (nSPS) is 24.3. The summed E-state index contributed by atoms with van der Waals surface area (Å²) in [4.78, 5) is 49.8. The predicted octanol–water partition coefficient (Wildman–Crippen LogP) is 1.10. The van der Waals surface area contributed by atoms with Crippen molar-refractivity contribution in [3.8, 4) is 11.1 Å². The third kappa shape index (κ3) is 3.45. The second-order valence-corrected chi connectivity index (χ2v) is 9.91. The number of carbonyl (C=O) groups excluding carboxylic acids is 2. The van der Waals surface area contributed by atoms with Gasteiger partial charge >= 0.3 is 0 Å². The van der Waals surface area contributed by atoms with E-state index in [0.29, 0.717) is 16.8 Å². The zero-order chi connectivity index (χ0) is 25.0. The fourth-order valence-corrected chi connectivity index (χ4v) is 6.45. The van der Waals surface area contributed by atoms with Crippen LogP contribution in [0.25, 0.3) is 11.1 Å². The van der Waals surface area contributed by atoms with E-state index in [1.165, 1.54) is 24.4 Å². The molecule has 6 rings (SSSR count). The number of hydrogen-bond acceptors (Lipinski definition) is 6. The molecule has 9 heteroatoms. The van der Waals surface area contributed by atoms with Gasteiger partial charge in [0.2, 0.25) is 11.8 Å². The summed E-state index contributed by atoms with van der Waals surface area (Å²) in [6.45, 7) is 1.44. The number of nitrogens with one attached hydrogen (secondary N) is 1. The molecular formula is C27H27N5O4. The standard InChI is InChI=1S/C27H27N5O4/c1-15(34)32-23-12-31-22(7-6-20(27(31)36)18-10-28-14-29-11-18)25(32)24(21(23)13-33)26(35)30-19-8-16-4-2-3-5-17(16)9-19/h2-7,10-11,14,19,21,23-25,33H,8-9,12-13H2,1H3,(H,30,35)/t21-,23-,24+,25+/m1/s1. The molecule has 1 saturated heterocycles. The van der Waals surface area contributed by atoms with E-state index in [2.05, 4.69) is 27.4 Å². The van der Waals surface area contributed by atoms with Crippen LogP contribution in [0.15, 0.2) is 59.9 Å². The van der Waals surface area contributed by atoms with Crippen molar-refractivity contribution in [2.75, 3.05) is 6.61 Å². The van der Waals surface area contributed by atoms with Gasteiger partial charge in [-0.15, -0.1) is 0 Å². The third-order valence-corrected chi connectivity index (χ3v) is 7.98. The average Bonchev–Trinajstić information content (AvgIpc) is 3.40. The quantitative estimate of drug-likeness (QED) is 0.572. The van der Waals surface area contributed by atoms with Crippen molar-refractivity contribution in [3.63, 3.8) is 0 Å². The van der Waals surface area contributed by atoms with Crippen molar-refractivity contribution in [1.82, 2.24) is 24.8 Å². The third-order valence-electron chi connectivity index (χ3n) is 7.98. The lowest BCUT2D eigenvalue weighted by molar-refractivity contribution is -0.134. The fraction of sp³-hybridized carbons (Fsp3) is 0.370. The molecule has 3 aromatic rings. The van der Waals surface area contributed by atoms with Gasteiger partial charge in [-0.25, -0.2) is 9.97 Å². The van der Waals surface area contributed by atoms with E-state index in [4.69, 9.17) is 0 Å². The number of benzene rings is 1. The van der Waals surface area contributed by atoms with Gasteiger partial charge in [-0.1, -0.05) is 24.3 Å². The smallest absolute Gasteiger partial charge is 0.258 e. The first-order valence-corrected chi connectivity index (χ1v) is 12.2. The van der Waals surface area contributed by atoms with E-state index in [0.717, 1.165) is 12.8 Å². The Morgan fingerprint density at radius 2 is 1.78 bits per heavy atom. The van der Waals surface area contributed by atoms with Gasteiger partial charge in [0.05, 0.1) is 23.6 Å². The Bertz CT molecular complexity index is 1380. The highest BCUT2D eigenvalue weighted by atomic mass is 16.3. The van der Waals surface area contributed by atoms with Gasteiger partial charge in [0.15, 0.2) is 0 Å². The molecule has 2 aromatic heterocycles. The van der Waals surface area contributed by atoms with E-state index in [9.17, 15) is 19.5 Å². The Hall–Kier alpha value is -3.85. The molecular weight excluding hydrogens is 458 g/mol. The molecule has 184 valence electrons. The Labute approximate surface area is 207 Å². The summed E-state index contributed by atoms with van der Waals surface area (Å²) in [5.41, 5.74) is 3.91. The summed E-state index contributed by atoms with van der Waals surface area (Å²) in [5.74, 6) is -1.50. The summed E-state index contributed by atoms with van der Waals surface area (Å²) in [6.07, 6.45) is 6.08. The van der Waals surface area contributed by atoms with Crippen molar-refractivity contribution in [2.45, 2.75) is 44.4 Å². The molecule has 36 heavy (non-hydrogen) atoms. The average molecular weight is 486 g/mol. The van der Waals surface area contributed by atoms with Crippen molar-refractivity contribution in [2.24, 2.45) is 11.8 Å². The predicted molar refractivity (Wildman–Crippen MR) is 131 cm³/mol. The van der Waals surface area contributed by atoms with Gasteiger partial charge < -0.3 is 19.9 Å². The maximum atomic E-state index is 13.8. The molecule has 0 unspecified atom stereocenters. The number of carbonyl (C=O) groups is 2. The topological polar surface area (TPSA) is 117 Å². The summed E-state index contributed by atoms with van der Waals surface area (Å²) < 4.78 is 1.65. The fourth-order valence-electron chi connectivity index (χ4n) is 6.45. The molecule has 2 bridgehead atoms. The second kappa shape index (κ2) is 8.67. The van der Waals surface area contributed by atoms with Gasteiger partial charge in [-0.2, -0.15) is 0 Å². The van der Waals surface area contributed by atoms with Crippen molar-refractivity contribution in [1.29, 1.82) is 0 Å². The van der Waals surface area contributed by atoms with E-state index in [-0.39, 0.29) is 36.6 Å².